The highest BCUT2D eigenvalue weighted by atomic mass is 16.6. The zero-order valence-electron chi connectivity index (χ0n) is 19.8. The van der Waals surface area contributed by atoms with Crippen molar-refractivity contribution in [2.45, 2.75) is 91.2 Å². The fourth-order valence-corrected chi connectivity index (χ4v) is 7.46. The molecule has 170 valence electrons. The molecule has 4 aliphatic rings. The number of ketones is 2. The first-order chi connectivity index (χ1) is 14.4. The van der Waals surface area contributed by atoms with Gasteiger partial charge in [0.05, 0.1) is 0 Å². The molecule has 0 aromatic carbocycles. The van der Waals surface area contributed by atoms with Crippen LogP contribution in [0, 0.1) is 28.6 Å². The highest BCUT2D eigenvalue weighted by Crippen LogP contribution is 2.67. The summed E-state index contributed by atoms with van der Waals surface area (Å²) in [6.07, 6.45) is 9.88. The van der Waals surface area contributed by atoms with Crippen molar-refractivity contribution < 1.29 is 19.1 Å². The van der Waals surface area contributed by atoms with E-state index >= 15 is 0 Å². The Hall–Kier alpha value is -1.91. The van der Waals surface area contributed by atoms with Crippen molar-refractivity contribution in [2.24, 2.45) is 28.6 Å². The third-order valence-electron chi connectivity index (χ3n) is 9.02. The Bertz CT molecular complexity index is 880. The number of alkyl carbamates (subject to hydrolysis) is 1. The molecule has 4 aliphatic carbocycles. The summed E-state index contributed by atoms with van der Waals surface area (Å²) in [7, 11) is 0. The van der Waals surface area contributed by atoms with Crippen LogP contribution in [-0.4, -0.2) is 28.8 Å². The number of fused-ring (bicyclic) bond motifs is 5. The van der Waals surface area contributed by atoms with Crippen LogP contribution in [0.4, 0.5) is 4.79 Å². The van der Waals surface area contributed by atoms with Gasteiger partial charge in [0.2, 0.25) is 0 Å². The molecule has 0 radical (unpaired) electrons. The number of rotatable bonds is 2. The molecule has 0 aromatic heterocycles. The SMILES string of the molecule is CC[C@]1(OC(=O)NC(C)(C)C)CCC2C3CC(=O)C4=CC(=O)C=C[C@]4(C)C3CC[C@@]21C. The van der Waals surface area contributed by atoms with E-state index in [1.54, 1.807) is 12.2 Å². The summed E-state index contributed by atoms with van der Waals surface area (Å²) in [5.74, 6) is 0.973. The number of amides is 1. The predicted octanol–water partition coefficient (Wildman–Crippen LogP) is 5.15. The van der Waals surface area contributed by atoms with E-state index < -0.39 is 5.60 Å². The lowest BCUT2D eigenvalue weighted by molar-refractivity contribution is -0.140. The maximum atomic E-state index is 13.1. The Balaban J connectivity index is 1.65. The van der Waals surface area contributed by atoms with E-state index in [4.69, 9.17) is 4.74 Å². The van der Waals surface area contributed by atoms with E-state index in [9.17, 15) is 14.4 Å². The number of carbonyl (C=O) groups is 3. The van der Waals surface area contributed by atoms with Gasteiger partial charge < -0.3 is 10.1 Å². The van der Waals surface area contributed by atoms with Gasteiger partial charge >= 0.3 is 6.09 Å². The van der Waals surface area contributed by atoms with E-state index in [0.717, 1.165) is 32.1 Å². The Morgan fingerprint density at radius 1 is 1.16 bits per heavy atom. The monoisotopic (exact) mass is 427 g/mol. The van der Waals surface area contributed by atoms with Gasteiger partial charge in [-0.2, -0.15) is 0 Å². The average molecular weight is 428 g/mol. The molecule has 4 rings (SSSR count). The topological polar surface area (TPSA) is 72.5 Å². The standard InChI is InChI=1S/C26H37NO4/c1-7-26(31-22(30)27-23(2,3)4)13-10-19-17-15-21(29)20-14-16(28)8-11-24(20,5)18(17)9-12-25(19,26)6/h8,11,14,17-19H,7,9-10,12-13,15H2,1-6H3,(H,27,30)/t17?,18?,19?,24-,25+,26+/m1/s1. The smallest absolute Gasteiger partial charge is 0.408 e. The van der Waals surface area contributed by atoms with Crippen molar-refractivity contribution in [2.75, 3.05) is 0 Å². The molecule has 0 saturated heterocycles. The molecular weight excluding hydrogens is 390 g/mol. The lowest BCUT2D eigenvalue weighted by Crippen LogP contribution is -2.57. The molecule has 5 nitrogen and oxygen atoms in total. The Kier molecular flexibility index (Phi) is 5.07. The van der Waals surface area contributed by atoms with E-state index in [1.807, 2.05) is 26.8 Å². The van der Waals surface area contributed by atoms with Gasteiger partial charge in [-0.25, -0.2) is 4.79 Å². The molecular formula is C26H37NO4. The minimum Gasteiger partial charge on any atom is -0.442 e. The van der Waals surface area contributed by atoms with Crippen molar-refractivity contribution in [3.05, 3.63) is 23.8 Å². The number of hydrogen-bond acceptors (Lipinski definition) is 4. The molecule has 31 heavy (non-hydrogen) atoms. The fraction of sp³-hybridized carbons (Fsp3) is 0.731. The second kappa shape index (κ2) is 7.05. The van der Waals surface area contributed by atoms with Gasteiger partial charge in [0.1, 0.15) is 5.60 Å². The average Bonchev–Trinajstić information content (AvgIpc) is 2.95. The molecule has 1 N–H and O–H groups in total. The van der Waals surface area contributed by atoms with Crippen molar-refractivity contribution in [3.63, 3.8) is 0 Å². The second-order valence-corrected chi connectivity index (χ2v) is 11.7. The van der Waals surface area contributed by atoms with Gasteiger partial charge in [-0.05, 0) is 82.8 Å². The molecule has 3 fully saturated rings. The first kappa shape index (κ1) is 22.3. The Labute approximate surface area is 186 Å². The molecule has 5 heteroatoms. The first-order valence-electron chi connectivity index (χ1n) is 11.8. The minimum atomic E-state index is -0.504. The van der Waals surface area contributed by atoms with E-state index in [2.05, 4.69) is 26.1 Å². The summed E-state index contributed by atoms with van der Waals surface area (Å²) < 4.78 is 6.24. The van der Waals surface area contributed by atoms with E-state index in [0.29, 0.717) is 23.8 Å². The second-order valence-electron chi connectivity index (χ2n) is 11.7. The van der Waals surface area contributed by atoms with Crippen LogP contribution in [0.3, 0.4) is 0 Å². The molecule has 0 aromatic rings. The first-order valence-corrected chi connectivity index (χ1v) is 11.8. The molecule has 0 aliphatic heterocycles. The molecule has 3 saturated carbocycles. The summed E-state index contributed by atoms with van der Waals surface area (Å²) in [5.41, 5.74) is -0.663. The normalized spacial score (nSPS) is 41.7. The van der Waals surface area contributed by atoms with Crippen LogP contribution in [0.5, 0.6) is 0 Å². The lowest BCUT2D eigenvalue weighted by Gasteiger charge is -2.58. The van der Waals surface area contributed by atoms with E-state index in [1.165, 1.54) is 0 Å². The summed E-state index contributed by atoms with van der Waals surface area (Å²) in [4.78, 5) is 37.9. The largest absolute Gasteiger partial charge is 0.442 e. The van der Waals surface area contributed by atoms with Gasteiger partial charge in [-0.1, -0.05) is 26.8 Å². The van der Waals surface area contributed by atoms with Crippen LogP contribution in [0.15, 0.2) is 23.8 Å². The number of Topliss-reactive ketones (excluding diaryl/α,β-unsaturated/α-hetero) is 1. The van der Waals surface area contributed by atoms with Crippen LogP contribution in [0.1, 0.15) is 80.1 Å². The number of allylic oxidation sites excluding steroid dienone is 4. The molecule has 0 bridgehead atoms. The molecule has 3 unspecified atom stereocenters. The molecule has 0 heterocycles. The summed E-state index contributed by atoms with van der Waals surface area (Å²) in [6.45, 7) is 12.4. The highest BCUT2D eigenvalue weighted by molar-refractivity contribution is 6.10. The minimum absolute atomic E-state index is 0.0796. The molecule has 6 atom stereocenters. The van der Waals surface area contributed by atoms with Gasteiger partial charge in [-0.3, -0.25) is 9.59 Å². The number of hydrogen-bond donors (Lipinski definition) is 1. The molecule has 0 spiro atoms. The van der Waals surface area contributed by atoms with Gasteiger partial charge in [-0.15, -0.1) is 0 Å². The van der Waals surface area contributed by atoms with Crippen LogP contribution < -0.4 is 5.32 Å². The molecule has 1 amide bonds. The van der Waals surface area contributed by atoms with Crippen LogP contribution in [-0.2, 0) is 14.3 Å². The van der Waals surface area contributed by atoms with Crippen LogP contribution in [0.2, 0.25) is 0 Å². The third-order valence-corrected chi connectivity index (χ3v) is 9.02. The number of carbonyl (C=O) groups excluding carboxylic acids is 3. The van der Waals surface area contributed by atoms with Gasteiger partial charge in [0.15, 0.2) is 11.6 Å². The zero-order valence-corrected chi connectivity index (χ0v) is 19.8. The highest BCUT2D eigenvalue weighted by Gasteiger charge is 2.66. The summed E-state index contributed by atoms with van der Waals surface area (Å²) in [6, 6.07) is 0. The number of ether oxygens (including phenoxy) is 1. The van der Waals surface area contributed by atoms with Gasteiger partial charge in [0, 0.05) is 28.4 Å². The Morgan fingerprint density at radius 2 is 1.84 bits per heavy atom. The van der Waals surface area contributed by atoms with Crippen molar-refractivity contribution in [3.8, 4) is 0 Å². The summed E-state index contributed by atoms with van der Waals surface area (Å²) in [5, 5.41) is 2.96. The number of nitrogens with one attached hydrogen (secondary N) is 1. The maximum Gasteiger partial charge on any atom is 0.408 e. The fourth-order valence-electron chi connectivity index (χ4n) is 7.46. The Morgan fingerprint density at radius 3 is 2.48 bits per heavy atom. The third kappa shape index (κ3) is 3.30. The van der Waals surface area contributed by atoms with Gasteiger partial charge in [0.25, 0.3) is 0 Å². The van der Waals surface area contributed by atoms with Crippen molar-refractivity contribution >= 4 is 17.7 Å². The maximum absolute atomic E-state index is 13.1. The van der Waals surface area contributed by atoms with Crippen LogP contribution in [0.25, 0.3) is 0 Å². The van der Waals surface area contributed by atoms with Crippen molar-refractivity contribution in [1.29, 1.82) is 0 Å². The quantitative estimate of drug-likeness (QED) is 0.662. The zero-order chi connectivity index (χ0) is 22.8. The van der Waals surface area contributed by atoms with E-state index in [-0.39, 0.29) is 39.9 Å². The predicted molar refractivity (Wildman–Crippen MR) is 119 cm³/mol. The summed E-state index contributed by atoms with van der Waals surface area (Å²) >= 11 is 0. The lowest BCUT2D eigenvalue weighted by atomic mass is 9.47. The van der Waals surface area contributed by atoms with Crippen LogP contribution >= 0.6 is 0 Å². The van der Waals surface area contributed by atoms with Crippen molar-refractivity contribution in [1.82, 2.24) is 5.32 Å².